The third kappa shape index (κ3) is 3.26. The molecule has 1 heterocycles. The van der Waals surface area contributed by atoms with Crippen molar-refractivity contribution in [3.63, 3.8) is 0 Å². The Balaban J connectivity index is 1.65. The molecule has 2 fully saturated rings. The number of rotatable bonds is 4. The molecule has 0 bridgehead atoms. The number of aliphatic hydroxyl groups is 1. The monoisotopic (exact) mass is 338 g/mol. The highest BCUT2D eigenvalue weighted by molar-refractivity contribution is 6.01. The first-order valence-electron chi connectivity index (χ1n) is 8.17. The zero-order chi connectivity index (χ0) is 17.3. The van der Waals surface area contributed by atoms with Crippen molar-refractivity contribution in [2.45, 2.75) is 50.2 Å². The van der Waals surface area contributed by atoms with Gasteiger partial charge in [0.1, 0.15) is 23.4 Å². The standard InChI is InChI=1S/C17H20F2N2O3/c18-11-4-3-5-12(19)15(11)21-9-6-13(16(21)23)20-14(22)10-17(24)7-1-2-8-17/h3-5,13,24H,1-2,6-10H2,(H,20,22). The van der Waals surface area contributed by atoms with Crippen LogP contribution >= 0.6 is 0 Å². The molecule has 1 atom stereocenters. The number of nitrogens with one attached hydrogen (secondary N) is 1. The van der Waals surface area contributed by atoms with Gasteiger partial charge in [0.25, 0.3) is 0 Å². The Bertz CT molecular complexity index is 639. The van der Waals surface area contributed by atoms with E-state index in [1.54, 1.807) is 0 Å². The maximum atomic E-state index is 13.8. The van der Waals surface area contributed by atoms with Crippen LogP contribution in [-0.2, 0) is 9.59 Å². The number of carbonyl (C=O) groups is 2. The molecule has 1 saturated carbocycles. The topological polar surface area (TPSA) is 69.6 Å². The Hall–Kier alpha value is -2.02. The van der Waals surface area contributed by atoms with Gasteiger partial charge in [-0.25, -0.2) is 8.78 Å². The molecule has 0 aromatic heterocycles. The molecule has 5 nitrogen and oxygen atoms in total. The average Bonchev–Trinajstić information content (AvgIpc) is 3.07. The fraction of sp³-hybridized carbons (Fsp3) is 0.529. The minimum absolute atomic E-state index is 0.0508. The molecule has 3 rings (SSSR count). The summed E-state index contributed by atoms with van der Waals surface area (Å²) < 4.78 is 27.7. The summed E-state index contributed by atoms with van der Waals surface area (Å²) in [4.78, 5) is 25.5. The van der Waals surface area contributed by atoms with E-state index < -0.39 is 35.1 Å². The number of benzene rings is 1. The van der Waals surface area contributed by atoms with Crippen molar-refractivity contribution in [2.24, 2.45) is 0 Å². The van der Waals surface area contributed by atoms with Crippen molar-refractivity contribution >= 4 is 17.5 Å². The maximum absolute atomic E-state index is 13.8. The van der Waals surface area contributed by atoms with Crippen molar-refractivity contribution in [2.75, 3.05) is 11.4 Å². The molecule has 130 valence electrons. The molecule has 2 aliphatic rings. The first-order chi connectivity index (χ1) is 11.4. The number of nitrogens with zero attached hydrogens (tertiary/aromatic N) is 1. The Morgan fingerprint density at radius 2 is 1.92 bits per heavy atom. The van der Waals surface area contributed by atoms with E-state index in [4.69, 9.17) is 0 Å². The van der Waals surface area contributed by atoms with Crippen LogP contribution in [0.3, 0.4) is 0 Å². The van der Waals surface area contributed by atoms with E-state index in [-0.39, 0.29) is 25.1 Å². The van der Waals surface area contributed by atoms with Crippen molar-refractivity contribution in [1.29, 1.82) is 0 Å². The lowest BCUT2D eigenvalue weighted by Crippen LogP contribution is -2.44. The Kier molecular flexibility index (Phi) is 4.54. The molecule has 2 N–H and O–H groups in total. The second-order valence-electron chi connectivity index (χ2n) is 6.58. The second-order valence-corrected chi connectivity index (χ2v) is 6.58. The molecule has 0 spiro atoms. The summed E-state index contributed by atoms with van der Waals surface area (Å²) in [5.74, 6) is -2.56. The first-order valence-corrected chi connectivity index (χ1v) is 8.17. The number of para-hydroxylation sites is 1. The molecular formula is C17H20F2N2O3. The Morgan fingerprint density at radius 1 is 1.29 bits per heavy atom. The van der Waals surface area contributed by atoms with E-state index >= 15 is 0 Å². The van der Waals surface area contributed by atoms with Crippen LogP contribution in [0.4, 0.5) is 14.5 Å². The fourth-order valence-corrected chi connectivity index (χ4v) is 3.54. The number of amides is 2. The molecule has 0 radical (unpaired) electrons. The lowest BCUT2D eigenvalue weighted by atomic mass is 9.97. The number of hydrogen-bond acceptors (Lipinski definition) is 3. The number of carbonyl (C=O) groups excluding carboxylic acids is 2. The maximum Gasteiger partial charge on any atom is 0.249 e. The van der Waals surface area contributed by atoms with Gasteiger partial charge in [-0.2, -0.15) is 0 Å². The Labute approximate surface area is 138 Å². The van der Waals surface area contributed by atoms with Crippen molar-refractivity contribution < 1.29 is 23.5 Å². The fourth-order valence-electron chi connectivity index (χ4n) is 3.54. The normalized spacial score (nSPS) is 22.9. The molecule has 1 saturated heterocycles. The van der Waals surface area contributed by atoms with E-state index in [0.29, 0.717) is 12.8 Å². The summed E-state index contributed by atoms with van der Waals surface area (Å²) in [6.07, 6.45) is 3.14. The summed E-state index contributed by atoms with van der Waals surface area (Å²) >= 11 is 0. The molecule has 2 amide bonds. The van der Waals surface area contributed by atoms with Crippen LogP contribution < -0.4 is 10.2 Å². The molecular weight excluding hydrogens is 318 g/mol. The van der Waals surface area contributed by atoms with Gasteiger partial charge in [0, 0.05) is 6.54 Å². The van der Waals surface area contributed by atoms with Crippen LogP contribution in [0.15, 0.2) is 18.2 Å². The SMILES string of the molecule is O=C(CC1(O)CCCC1)NC1CCN(c2c(F)cccc2F)C1=O. The van der Waals surface area contributed by atoms with E-state index in [2.05, 4.69) is 5.32 Å². The lowest BCUT2D eigenvalue weighted by Gasteiger charge is -2.22. The number of anilines is 1. The minimum Gasteiger partial charge on any atom is -0.389 e. The van der Waals surface area contributed by atoms with Gasteiger partial charge in [0.15, 0.2) is 0 Å². The number of hydrogen-bond donors (Lipinski definition) is 2. The molecule has 24 heavy (non-hydrogen) atoms. The van der Waals surface area contributed by atoms with Crippen molar-refractivity contribution in [3.05, 3.63) is 29.8 Å². The smallest absolute Gasteiger partial charge is 0.249 e. The van der Waals surface area contributed by atoms with E-state index in [1.165, 1.54) is 6.07 Å². The molecule has 7 heteroatoms. The molecule has 1 aromatic rings. The summed E-state index contributed by atoms with van der Waals surface area (Å²) in [6.45, 7) is 0.131. The van der Waals surface area contributed by atoms with Crippen LogP contribution in [0.1, 0.15) is 38.5 Å². The zero-order valence-electron chi connectivity index (χ0n) is 13.2. The van der Waals surface area contributed by atoms with Crippen LogP contribution in [0, 0.1) is 11.6 Å². The van der Waals surface area contributed by atoms with E-state index in [1.807, 2.05) is 0 Å². The van der Waals surface area contributed by atoms with Crippen LogP contribution in [0.2, 0.25) is 0 Å². The van der Waals surface area contributed by atoms with Crippen LogP contribution in [0.5, 0.6) is 0 Å². The largest absolute Gasteiger partial charge is 0.389 e. The Morgan fingerprint density at radius 3 is 2.54 bits per heavy atom. The molecule has 1 aliphatic heterocycles. The molecule has 1 unspecified atom stereocenters. The van der Waals surface area contributed by atoms with Gasteiger partial charge >= 0.3 is 0 Å². The highest BCUT2D eigenvalue weighted by atomic mass is 19.1. The van der Waals surface area contributed by atoms with Crippen LogP contribution in [0.25, 0.3) is 0 Å². The van der Waals surface area contributed by atoms with E-state index in [0.717, 1.165) is 29.9 Å². The van der Waals surface area contributed by atoms with Crippen molar-refractivity contribution in [1.82, 2.24) is 5.32 Å². The van der Waals surface area contributed by atoms with Gasteiger partial charge in [0.05, 0.1) is 12.0 Å². The van der Waals surface area contributed by atoms with Gasteiger partial charge in [-0.3, -0.25) is 9.59 Å². The van der Waals surface area contributed by atoms with Gasteiger partial charge in [-0.15, -0.1) is 0 Å². The predicted octanol–water partition coefficient (Wildman–Crippen LogP) is 1.88. The third-order valence-electron chi connectivity index (χ3n) is 4.77. The predicted molar refractivity (Wildman–Crippen MR) is 83.3 cm³/mol. The lowest BCUT2D eigenvalue weighted by molar-refractivity contribution is -0.129. The first kappa shape index (κ1) is 16.8. The molecule has 1 aromatic carbocycles. The highest BCUT2D eigenvalue weighted by Crippen LogP contribution is 2.32. The summed E-state index contributed by atoms with van der Waals surface area (Å²) in [7, 11) is 0. The van der Waals surface area contributed by atoms with Crippen LogP contribution in [-0.4, -0.2) is 35.1 Å². The van der Waals surface area contributed by atoms with Gasteiger partial charge < -0.3 is 15.3 Å². The third-order valence-corrected chi connectivity index (χ3v) is 4.77. The summed E-state index contributed by atoms with van der Waals surface area (Å²) in [6, 6.07) is 2.60. The molecule has 1 aliphatic carbocycles. The van der Waals surface area contributed by atoms with Gasteiger partial charge in [0.2, 0.25) is 11.8 Å². The van der Waals surface area contributed by atoms with Gasteiger partial charge in [-0.05, 0) is 31.4 Å². The second kappa shape index (κ2) is 6.47. The van der Waals surface area contributed by atoms with Crippen molar-refractivity contribution in [3.8, 4) is 0 Å². The quantitative estimate of drug-likeness (QED) is 0.881. The highest BCUT2D eigenvalue weighted by Gasteiger charge is 2.38. The minimum atomic E-state index is -0.997. The zero-order valence-corrected chi connectivity index (χ0v) is 13.2. The number of halogens is 2. The summed E-state index contributed by atoms with van der Waals surface area (Å²) in [5.41, 5.74) is -1.38. The van der Waals surface area contributed by atoms with E-state index in [9.17, 15) is 23.5 Å². The van der Waals surface area contributed by atoms with Gasteiger partial charge in [-0.1, -0.05) is 18.9 Å². The average molecular weight is 338 g/mol. The summed E-state index contributed by atoms with van der Waals surface area (Å²) in [5, 5.41) is 12.8.